The molecular weight excluding hydrogens is 256 g/mol. The molecule has 4 rings (SSSR count). The van der Waals surface area contributed by atoms with Gasteiger partial charge in [0, 0.05) is 5.41 Å². The van der Waals surface area contributed by atoms with Crippen LogP contribution in [-0.2, 0) is 0 Å². The highest BCUT2D eigenvalue weighted by Gasteiger charge is 2.48. The lowest BCUT2D eigenvalue weighted by atomic mass is 9.57. The van der Waals surface area contributed by atoms with Crippen LogP contribution in [0.1, 0.15) is 58.8 Å². The number of aliphatic hydroxyl groups excluding tert-OH is 1. The molecule has 0 aromatic heterocycles. The van der Waals surface area contributed by atoms with E-state index in [2.05, 4.69) is 38.2 Å². The Hall–Kier alpha value is -1.08. The maximum Gasteiger partial charge on any atom is 0.0735 e. The molecule has 4 aliphatic carbocycles. The number of hydrogen-bond donors (Lipinski definition) is 1. The van der Waals surface area contributed by atoms with Crippen LogP contribution in [0.2, 0.25) is 0 Å². The molecule has 0 aromatic carbocycles. The van der Waals surface area contributed by atoms with Gasteiger partial charge in [0.1, 0.15) is 0 Å². The summed E-state index contributed by atoms with van der Waals surface area (Å²) < 4.78 is 0. The summed E-state index contributed by atoms with van der Waals surface area (Å²) in [6.07, 6.45) is 17.2. The fourth-order valence-corrected chi connectivity index (χ4v) is 5.39. The normalized spacial score (nSPS) is 41.2. The Morgan fingerprint density at radius 3 is 2.95 bits per heavy atom. The Labute approximate surface area is 128 Å². The van der Waals surface area contributed by atoms with Crippen LogP contribution < -0.4 is 0 Å². The zero-order valence-corrected chi connectivity index (χ0v) is 13.3. The third kappa shape index (κ3) is 1.73. The molecule has 0 fully saturated rings. The van der Waals surface area contributed by atoms with Crippen molar-refractivity contribution in [1.82, 2.24) is 0 Å². The summed E-state index contributed by atoms with van der Waals surface area (Å²) in [4.78, 5) is 0. The SMILES string of the molecule is CCC12CCC3=C(CCC4=CCC=CC43C)C1=CC(O)C2. The van der Waals surface area contributed by atoms with Gasteiger partial charge in [-0.15, -0.1) is 0 Å². The molecule has 1 heteroatoms. The number of fused-ring (bicyclic) bond motifs is 4. The van der Waals surface area contributed by atoms with Crippen LogP contribution in [0.4, 0.5) is 0 Å². The Bertz CT molecular complexity index is 603. The van der Waals surface area contributed by atoms with Crippen LogP contribution in [-0.4, -0.2) is 11.2 Å². The third-order valence-electron chi connectivity index (χ3n) is 6.64. The van der Waals surface area contributed by atoms with Gasteiger partial charge in [0.05, 0.1) is 6.10 Å². The van der Waals surface area contributed by atoms with E-state index in [0.29, 0.717) is 0 Å². The quantitative estimate of drug-likeness (QED) is 0.682. The van der Waals surface area contributed by atoms with Crippen molar-refractivity contribution in [2.75, 3.05) is 0 Å². The van der Waals surface area contributed by atoms with Crippen LogP contribution in [0, 0.1) is 10.8 Å². The molecule has 0 amide bonds. The van der Waals surface area contributed by atoms with Gasteiger partial charge < -0.3 is 5.11 Å². The van der Waals surface area contributed by atoms with Gasteiger partial charge in [-0.3, -0.25) is 0 Å². The molecule has 3 unspecified atom stereocenters. The van der Waals surface area contributed by atoms with Crippen molar-refractivity contribution < 1.29 is 5.11 Å². The summed E-state index contributed by atoms with van der Waals surface area (Å²) >= 11 is 0. The van der Waals surface area contributed by atoms with Gasteiger partial charge in [-0.05, 0) is 68.4 Å². The number of allylic oxidation sites excluding steroid dienone is 7. The smallest absolute Gasteiger partial charge is 0.0735 e. The first kappa shape index (κ1) is 13.6. The monoisotopic (exact) mass is 282 g/mol. The molecule has 0 radical (unpaired) electrons. The fourth-order valence-electron chi connectivity index (χ4n) is 5.39. The Balaban J connectivity index is 1.86. The van der Waals surface area contributed by atoms with Gasteiger partial charge in [0.15, 0.2) is 0 Å². The summed E-state index contributed by atoms with van der Waals surface area (Å²) in [6.45, 7) is 4.71. The molecule has 3 atom stereocenters. The van der Waals surface area contributed by atoms with E-state index in [1.54, 1.807) is 16.7 Å². The zero-order valence-electron chi connectivity index (χ0n) is 13.3. The average molecular weight is 282 g/mol. The number of hydrogen-bond acceptors (Lipinski definition) is 1. The summed E-state index contributed by atoms with van der Waals surface area (Å²) in [5.41, 5.74) is 6.84. The van der Waals surface area contributed by atoms with Crippen molar-refractivity contribution in [1.29, 1.82) is 0 Å². The van der Waals surface area contributed by atoms with Crippen LogP contribution in [0.25, 0.3) is 0 Å². The van der Waals surface area contributed by atoms with Crippen molar-refractivity contribution in [2.45, 2.75) is 64.9 Å². The molecule has 112 valence electrons. The minimum Gasteiger partial charge on any atom is -0.389 e. The second kappa shape index (κ2) is 4.46. The third-order valence-corrected chi connectivity index (χ3v) is 6.64. The highest BCUT2D eigenvalue weighted by atomic mass is 16.3. The van der Waals surface area contributed by atoms with E-state index in [1.807, 2.05) is 0 Å². The first-order valence-corrected chi connectivity index (χ1v) is 8.59. The molecule has 0 aliphatic heterocycles. The van der Waals surface area contributed by atoms with Gasteiger partial charge in [-0.25, -0.2) is 0 Å². The molecule has 0 heterocycles. The van der Waals surface area contributed by atoms with Crippen LogP contribution >= 0.6 is 0 Å². The largest absolute Gasteiger partial charge is 0.389 e. The van der Waals surface area contributed by atoms with Gasteiger partial charge in [0.25, 0.3) is 0 Å². The molecule has 0 bridgehead atoms. The predicted octanol–water partition coefficient (Wildman–Crippen LogP) is 4.85. The molecule has 4 aliphatic rings. The maximum absolute atomic E-state index is 10.2. The lowest BCUT2D eigenvalue weighted by Crippen LogP contribution is -2.34. The molecule has 21 heavy (non-hydrogen) atoms. The second-order valence-corrected chi connectivity index (χ2v) is 7.51. The highest BCUT2D eigenvalue weighted by molar-refractivity contribution is 5.55. The zero-order chi connectivity index (χ0) is 14.7. The fraction of sp³-hybridized carbons (Fsp3) is 0.600. The first-order chi connectivity index (χ1) is 10.1. The van der Waals surface area contributed by atoms with Crippen molar-refractivity contribution in [3.05, 3.63) is 46.6 Å². The topological polar surface area (TPSA) is 20.2 Å². The van der Waals surface area contributed by atoms with Crippen LogP contribution in [0.5, 0.6) is 0 Å². The summed E-state index contributed by atoms with van der Waals surface area (Å²) in [5.74, 6) is 0. The van der Waals surface area contributed by atoms with Gasteiger partial charge in [0.2, 0.25) is 0 Å². The van der Waals surface area contributed by atoms with E-state index in [1.165, 1.54) is 37.7 Å². The summed E-state index contributed by atoms with van der Waals surface area (Å²) in [7, 11) is 0. The Kier molecular flexibility index (Phi) is 2.88. The Morgan fingerprint density at radius 2 is 2.14 bits per heavy atom. The minimum absolute atomic E-state index is 0.167. The van der Waals surface area contributed by atoms with Crippen molar-refractivity contribution in [2.24, 2.45) is 10.8 Å². The molecule has 0 saturated heterocycles. The van der Waals surface area contributed by atoms with E-state index in [0.717, 1.165) is 12.8 Å². The van der Waals surface area contributed by atoms with E-state index in [9.17, 15) is 5.11 Å². The molecule has 0 aromatic rings. The maximum atomic E-state index is 10.2. The van der Waals surface area contributed by atoms with Gasteiger partial charge in [-0.1, -0.05) is 42.4 Å². The van der Waals surface area contributed by atoms with E-state index >= 15 is 0 Å². The van der Waals surface area contributed by atoms with Crippen LogP contribution in [0.15, 0.2) is 46.6 Å². The number of rotatable bonds is 1. The van der Waals surface area contributed by atoms with Gasteiger partial charge in [-0.2, -0.15) is 0 Å². The van der Waals surface area contributed by atoms with Crippen molar-refractivity contribution in [3.8, 4) is 0 Å². The molecule has 1 nitrogen and oxygen atoms in total. The first-order valence-electron chi connectivity index (χ1n) is 8.59. The average Bonchev–Trinajstić information content (AvgIpc) is 2.83. The summed E-state index contributed by atoms with van der Waals surface area (Å²) in [5, 5.41) is 10.2. The minimum atomic E-state index is -0.224. The molecule has 0 saturated carbocycles. The standard InChI is InChI=1S/C20H26O/c1-3-20-11-9-17-16(18(20)12-15(21)13-20)8-7-14-6-4-5-10-19(14,17)2/h5-6,10,12,15,21H,3-4,7-9,11,13H2,1-2H3. The van der Waals surface area contributed by atoms with E-state index in [-0.39, 0.29) is 16.9 Å². The molecule has 0 spiro atoms. The van der Waals surface area contributed by atoms with Crippen molar-refractivity contribution in [3.63, 3.8) is 0 Å². The lowest BCUT2D eigenvalue weighted by molar-refractivity contribution is 0.163. The second-order valence-electron chi connectivity index (χ2n) is 7.51. The highest BCUT2D eigenvalue weighted by Crippen LogP contribution is 2.60. The number of aliphatic hydroxyl groups is 1. The molecular formula is C20H26O. The predicted molar refractivity (Wildman–Crippen MR) is 86.9 cm³/mol. The van der Waals surface area contributed by atoms with Crippen LogP contribution in [0.3, 0.4) is 0 Å². The van der Waals surface area contributed by atoms with E-state index < -0.39 is 0 Å². The van der Waals surface area contributed by atoms with E-state index in [4.69, 9.17) is 0 Å². The van der Waals surface area contributed by atoms with Gasteiger partial charge >= 0.3 is 0 Å². The summed E-state index contributed by atoms with van der Waals surface area (Å²) in [6, 6.07) is 0. The molecule has 1 N–H and O–H groups in total. The lowest BCUT2D eigenvalue weighted by Gasteiger charge is -2.47. The Morgan fingerprint density at radius 1 is 1.29 bits per heavy atom. The van der Waals surface area contributed by atoms with Crippen molar-refractivity contribution >= 4 is 0 Å².